The molecule has 3 heterocycles. The predicted octanol–water partition coefficient (Wildman–Crippen LogP) is 4.58. The van der Waals surface area contributed by atoms with E-state index in [0.717, 1.165) is 23.1 Å². The number of hydrogen-bond donors (Lipinski definition) is 3. The molecule has 3 aromatic rings. The second-order valence-corrected chi connectivity index (χ2v) is 6.15. The molecule has 0 aliphatic heterocycles. The molecule has 0 radical (unpaired) electrons. The molecule has 0 aromatic carbocycles. The van der Waals surface area contributed by atoms with Crippen LogP contribution in [0.4, 0.5) is 11.6 Å². The molecule has 5 heteroatoms. The van der Waals surface area contributed by atoms with Gasteiger partial charge in [0.15, 0.2) is 0 Å². The Morgan fingerprint density at radius 2 is 1.76 bits per heavy atom. The Kier molecular flexibility index (Phi) is 6.39. The van der Waals surface area contributed by atoms with Crippen molar-refractivity contribution in [1.29, 1.82) is 0 Å². The van der Waals surface area contributed by atoms with Crippen molar-refractivity contribution in [3.05, 3.63) is 47.4 Å². The number of nitrogens with two attached hydrogens (primary N) is 2. The van der Waals surface area contributed by atoms with Crippen molar-refractivity contribution >= 4 is 22.5 Å². The van der Waals surface area contributed by atoms with E-state index in [1.54, 1.807) is 6.20 Å². The molecule has 1 aliphatic rings. The van der Waals surface area contributed by atoms with Crippen molar-refractivity contribution in [1.82, 2.24) is 15.0 Å². The molecule has 0 fully saturated rings. The quantitative estimate of drug-likeness (QED) is 0.558. The Hall–Kier alpha value is -2.56. The molecule has 0 bridgehead atoms. The van der Waals surface area contributed by atoms with Crippen LogP contribution in [0.15, 0.2) is 30.7 Å². The van der Waals surface area contributed by atoms with E-state index in [2.05, 4.69) is 27.9 Å². The highest BCUT2D eigenvalue weighted by Gasteiger charge is 2.17. The second kappa shape index (κ2) is 8.51. The number of nitrogen functional groups attached to an aromatic ring is 2. The van der Waals surface area contributed by atoms with Crippen LogP contribution >= 0.6 is 0 Å². The molecule has 4 rings (SSSR count). The van der Waals surface area contributed by atoms with E-state index in [0.29, 0.717) is 11.7 Å². The van der Waals surface area contributed by atoms with Gasteiger partial charge in [-0.05, 0) is 60.9 Å². The van der Waals surface area contributed by atoms with Gasteiger partial charge in [0.05, 0.1) is 5.52 Å². The molecule has 0 spiro atoms. The summed E-state index contributed by atoms with van der Waals surface area (Å²) in [5, 5.41) is 1.15. The summed E-state index contributed by atoms with van der Waals surface area (Å²) < 4.78 is 0. The van der Waals surface area contributed by atoms with E-state index >= 15 is 0 Å². The van der Waals surface area contributed by atoms with Gasteiger partial charge in [0, 0.05) is 24.0 Å². The molecular formula is C20H29N5. The first-order chi connectivity index (χ1) is 12.1. The summed E-state index contributed by atoms with van der Waals surface area (Å²) >= 11 is 0. The molecule has 5 N–H and O–H groups in total. The predicted molar refractivity (Wildman–Crippen MR) is 107 cm³/mol. The summed E-state index contributed by atoms with van der Waals surface area (Å²) in [6.07, 6.45) is 9.12. The molecule has 0 amide bonds. The number of pyridine rings is 2. The lowest BCUT2D eigenvalue weighted by atomic mass is 9.85. The number of H-pyrrole nitrogens is 1. The van der Waals surface area contributed by atoms with Gasteiger partial charge in [0.2, 0.25) is 0 Å². The van der Waals surface area contributed by atoms with Crippen LogP contribution in [0.3, 0.4) is 0 Å². The number of anilines is 2. The number of nitrogens with one attached hydrogen (secondary N) is 1. The summed E-state index contributed by atoms with van der Waals surface area (Å²) in [7, 11) is 0. The molecule has 3 aromatic heterocycles. The van der Waals surface area contributed by atoms with Gasteiger partial charge in [-0.1, -0.05) is 20.8 Å². The number of aromatic amines is 1. The summed E-state index contributed by atoms with van der Waals surface area (Å²) in [5.74, 6) is 1.97. The summed E-state index contributed by atoms with van der Waals surface area (Å²) in [4.78, 5) is 11.1. The molecular weight excluding hydrogens is 310 g/mol. The van der Waals surface area contributed by atoms with Gasteiger partial charge in [0.1, 0.15) is 11.6 Å². The summed E-state index contributed by atoms with van der Waals surface area (Å²) in [5.41, 5.74) is 16.3. The Morgan fingerprint density at radius 3 is 2.44 bits per heavy atom. The average Bonchev–Trinajstić information content (AvgIpc) is 3.01. The molecule has 5 nitrogen and oxygen atoms in total. The monoisotopic (exact) mass is 339 g/mol. The van der Waals surface area contributed by atoms with E-state index in [1.165, 1.54) is 29.5 Å². The van der Waals surface area contributed by atoms with Crippen LogP contribution in [0.2, 0.25) is 0 Å². The van der Waals surface area contributed by atoms with Gasteiger partial charge in [-0.3, -0.25) is 0 Å². The van der Waals surface area contributed by atoms with Gasteiger partial charge >= 0.3 is 0 Å². The van der Waals surface area contributed by atoms with Crippen molar-refractivity contribution in [3.8, 4) is 0 Å². The fourth-order valence-corrected chi connectivity index (χ4v) is 3.22. The van der Waals surface area contributed by atoms with E-state index in [-0.39, 0.29) is 0 Å². The largest absolute Gasteiger partial charge is 0.383 e. The van der Waals surface area contributed by atoms with Crippen molar-refractivity contribution in [3.63, 3.8) is 0 Å². The molecule has 1 atom stereocenters. The lowest BCUT2D eigenvalue weighted by Crippen LogP contribution is -2.10. The topological polar surface area (TPSA) is 93.6 Å². The van der Waals surface area contributed by atoms with Gasteiger partial charge in [0.25, 0.3) is 0 Å². The van der Waals surface area contributed by atoms with E-state index in [4.69, 9.17) is 11.5 Å². The Balaban J connectivity index is 0.000000165. The average molecular weight is 339 g/mol. The normalized spacial score (nSPS) is 15.4. The van der Waals surface area contributed by atoms with Gasteiger partial charge in [-0.15, -0.1) is 0 Å². The summed E-state index contributed by atoms with van der Waals surface area (Å²) in [6, 6.07) is 4.06. The number of aryl methyl sites for hydroxylation is 1. The van der Waals surface area contributed by atoms with Crippen molar-refractivity contribution < 1.29 is 0 Å². The van der Waals surface area contributed by atoms with Crippen molar-refractivity contribution in [2.75, 3.05) is 11.5 Å². The maximum absolute atomic E-state index is 5.79. The Bertz CT molecular complexity index is 822. The van der Waals surface area contributed by atoms with Crippen molar-refractivity contribution in [2.45, 2.75) is 52.9 Å². The smallest absolute Gasteiger partial charge is 0.147 e. The van der Waals surface area contributed by atoms with Crippen molar-refractivity contribution in [2.24, 2.45) is 0 Å². The minimum absolute atomic E-state index is 0.565. The Labute approximate surface area is 149 Å². The molecule has 134 valence electrons. The van der Waals surface area contributed by atoms with Crippen LogP contribution in [-0.2, 0) is 6.42 Å². The number of nitrogens with zero attached hydrogens (tertiary/aromatic N) is 2. The zero-order chi connectivity index (χ0) is 18.4. The highest BCUT2D eigenvalue weighted by atomic mass is 14.9. The van der Waals surface area contributed by atoms with Crippen LogP contribution in [0.5, 0.6) is 0 Å². The first kappa shape index (κ1) is 18.8. The van der Waals surface area contributed by atoms with E-state index in [9.17, 15) is 0 Å². The van der Waals surface area contributed by atoms with Gasteiger partial charge in [-0.2, -0.15) is 0 Å². The fourth-order valence-electron chi connectivity index (χ4n) is 3.22. The molecule has 1 aliphatic carbocycles. The third-order valence-electron chi connectivity index (χ3n) is 4.56. The van der Waals surface area contributed by atoms with E-state index < -0.39 is 0 Å². The number of aromatic nitrogens is 3. The number of rotatable bonds is 0. The lowest BCUT2D eigenvalue weighted by molar-refractivity contribution is 0.589. The molecule has 0 saturated heterocycles. The second-order valence-electron chi connectivity index (χ2n) is 6.15. The Morgan fingerprint density at radius 1 is 1.08 bits per heavy atom. The van der Waals surface area contributed by atoms with Gasteiger partial charge in [-0.25, -0.2) is 9.97 Å². The van der Waals surface area contributed by atoms with Gasteiger partial charge < -0.3 is 16.5 Å². The zero-order valence-corrected chi connectivity index (χ0v) is 15.6. The molecule has 25 heavy (non-hydrogen) atoms. The third-order valence-corrected chi connectivity index (χ3v) is 4.56. The van der Waals surface area contributed by atoms with Crippen LogP contribution in [0.25, 0.3) is 10.9 Å². The minimum Gasteiger partial charge on any atom is -0.383 e. The fraction of sp³-hybridized carbons (Fsp3) is 0.400. The first-order valence-electron chi connectivity index (χ1n) is 8.99. The maximum atomic E-state index is 5.79. The molecule has 0 saturated carbocycles. The van der Waals surface area contributed by atoms with Crippen LogP contribution in [0.1, 0.15) is 56.2 Å². The van der Waals surface area contributed by atoms with Crippen LogP contribution in [0, 0.1) is 6.92 Å². The standard InChI is InChI=1S/C10H14N2.C8H9N3.C2H6/c1-7-3-2-4-9-8(7)5-6-12-10(9)11;1-5-4-11-7-6(5)2-3-10-8(7)9;1-2/h5-7H,2-4H2,1H3,(H2,11,12);2-4,11H,1H3,(H2,9,10);1-2H3. The number of hydrogen-bond acceptors (Lipinski definition) is 4. The highest BCUT2D eigenvalue weighted by Crippen LogP contribution is 2.32. The zero-order valence-electron chi connectivity index (χ0n) is 15.6. The molecule has 1 unspecified atom stereocenters. The van der Waals surface area contributed by atoms with Crippen LogP contribution in [-0.4, -0.2) is 15.0 Å². The van der Waals surface area contributed by atoms with E-state index in [1.807, 2.05) is 39.2 Å². The maximum Gasteiger partial charge on any atom is 0.147 e. The SMILES string of the molecule is CC.CC1CCCc2c1ccnc2N.Cc1c[nH]c2c(N)nccc12. The lowest BCUT2D eigenvalue weighted by Gasteiger charge is -2.22. The number of fused-ring (bicyclic) bond motifs is 2. The first-order valence-corrected chi connectivity index (χ1v) is 8.99. The summed E-state index contributed by atoms with van der Waals surface area (Å²) in [6.45, 7) is 8.30. The minimum atomic E-state index is 0.565. The van der Waals surface area contributed by atoms with Crippen LogP contribution < -0.4 is 11.5 Å². The third kappa shape index (κ3) is 4.10. The highest BCUT2D eigenvalue weighted by molar-refractivity contribution is 5.90.